The largest absolute Gasteiger partial charge is 0.375 e. The Balaban J connectivity index is 2.08. The molecule has 106 valence electrons. The molecule has 0 saturated carbocycles. The first-order valence-corrected chi connectivity index (χ1v) is 7.28. The quantitative estimate of drug-likeness (QED) is 0.818. The zero-order valence-corrected chi connectivity index (χ0v) is 12.0. The third kappa shape index (κ3) is 3.60. The van der Waals surface area contributed by atoms with Crippen molar-refractivity contribution in [3.8, 4) is 0 Å². The third-order valence-electron chi connectivity index (χ3n) is 3.60. The Bertz CT molecular complexity index is 414. The first kappa shape index (κ1) is 14.1. The summed E-state index contributed by atoms with van der Waals surface area (Å²) in [5.41, 5.74) is 1.20. The minimum Gasteiger partial charge on any atom is -0.375 e. The maximum Gasteiger partial charge on any atom is 0.223 e. The molecular formula is C15H24N2O2. The van der Waals surface area contributed by atoms with Gasteiger partial charge in [-0.3, -0.25) is 4.79 Å². The second-order valence-electron chi connectivity index (χ2n) is 5.11. The molecule has 0 aliphatic carbocycles. The maximum atomic E-state index is 12.3. The van der Waals surface area contributed by atoms with Crippen molar-refractivity contribution in [3.63, 3.8) is 0 Å². The number of carbonyl (C=O) groups excluding carboxylic acids is 1. The van der Waals surface area contributed by atoms with Crippen LogP contribution in [0, 0.1) is 0 Å². The average Bonchev–Trinajstić information content (AvgIpc) is 2.75. The lowest BCUT2D eigenvalue weighted by atomic mass is 10.2. The summed E-state index contributed by atoms with van der Waals surface area (Å²) in [4.78, 5) is 14.2. The van der Waals surface area contributed by atoms with Gasteiger partial charge in [0.2, 0.25) is 5.91 Å². The van der Waals surface area contributed by atoms with E-state index in [2.05, 4.69) is 23.8 Å². The van der Waals surface area contributed by atoms with E-state index >= 15 is 0 Å². The van der Waals surface area contributed by atoms with Crippen molar-refractivity contribution < 1.29 is 9.53 Å². The summed E-state index contributed by atoms with van der Waals surface area (Å²) in [6, 6.07) is 4.13. The van der Waals surface area contributed by atoms with Crippen LogP contribution in [-0.2, 0) is 22.6 Å². The van der Waals surface area contributed by atoms with E-state index in [0.717, 1.165) is 19.4 Å². The molecule has 0 aromatic carbocycles. The number of ether oxygens (including phenoxy) is 1. The highest BCUT2D eigenvalue weighted by molar-refractivity contribution is 5.76. The lowest BCUT2D eigenvalue weighted by Gasteiger charge is -2.24. The monoisotopic (exact) mass is 264 g/mol. The molecule has 0 saturated heterocycles. The van der Waals surface area contributed by atoms with Crippen molar-refractivity contribution in [1.29, 1.82) is 0 Å². The van der Waals surface area contributed by atoms with E-state index < -0.39 is 0 Å². The van der Waals surface area contributed by atoms with Crippen LogP contribution in [0.1, 0.15) is 38.8 Å². The van der Waals surface area contributed by atoms with Crippen LogP contribution in [0.25, 0.3) is 0 Å². The number of hydrogen-bond acceptors (Lipinski definition) is 2. The van der Waals surface area contributed by atoms with Gasteiger partial charge in [0.1, 0.15) is 0 Å². The molecule has 0 radical (unpaired) electrons. The Hall–Kier alpha value is -1.29. The number of nitrogens with zero attached hydrogens (tertiary/aromatic N) is 2. The van der Waals surface area contributed by atoms with E-state index in [1.54, 1.807) is 0 Å². The molecule has 0 bridgehead atoms. The second kappa shape index (κ2) is 6.75. The summed E-state index contributed by atoms with van der Waals surface area (Å²) in [5, 5.41) is 0. The van der Waals surface area contributed by atoms with Crippen molar-refractivity contribution in [1.82, 2.24) is 9.47 Å². The number of hydrogen-bond donors (Lipinski definition) is 0. The number of unbranched alkanes of at least 4 members (excludes halogenated alkanes) is 1. The van der Waals surface area contributed by atoms with E-state index in [1.807, 2.05) is 17.9 Å². The summed E-state index contributed by atoms with van der Waals surface area (Å²) in [6.45, 7) is 7.07. The third-order valence-corrected chi connectivity index (χ3v) is 3.60. The minimum atomic E-state index is 0.101. The number of fused-ring (bicyclic) bond motifs is 1. The molecule has 2 rings (SSSR count). The van der Waals surface area contributed by atoms with Crippen LogP contribution in [0.15, 0.2) is 18.3 Å². The highest BCUT2D eigenvalue weighted by atomic mass is 16.5. The Morgan fingerprint density at radius 2 is 2.26 bits per heavy atom. The van der Waals surface area contributed by atoms with Gasteiger partial charge in [-0.15, -0.1) is 0 Å². The van der Waals surface area contributed by atoms with Gasteiger partial charge in [-0.2, -0.15) is 0 Å². The smallest absolute Gasteiger partial charge is 0.223 e. The highest BCUT2D eigenvalue weighted by Crippen LogP contribution is 2.16. The minimum absolute atomic E-state index is 0.101. The number of carbonyl (C=O) groups is 1. The Labute approximate surface area is 115 Å². The molecular weight excluding hydrogens is 240 g/mol. The van der Waals surface area contributed by atoms with Crippen LogP contribution < -0.4 is 0 Å². The van der Waals surface area contributed by atoms with Crippen molar-refractivity contribution in [2.75, 3.05) is 13.2 Å². The lowest BCUT2D eigenvalue weighted by Crippen LogP contribution is -2.37. The number of aromatic nitrogens is 1. The van der Waals surface area contributed by atoms with Gasteiger partial charge in [-0.25, -0.2) is 0 Å². The highest BCUT2D eigenvalue weighted by Gasteiger charge is 2.24. The van der Waals surface area contributed by atoms with E-state index in [-0.39, 0.29) is 12.0 Å². The molecule has 1 aromatic heterocycles. The molecule has 2 heterocycles. The fourth-order valence-corrected chi connectivity index (χ4v) is 2.57. The molecule has 0 fully saturated rings. The SMILES string of the molecule is CCCCC(=O)N1Cc2cccn2C[C@H](OCC)C1. The van der Waals surface area contributed by atoms with Gasteiger partial charge < -0.3 is 14.2 Å². The molecule has 4 nitrogen and oxygen atoms in total. The molecule has 19 heavy (non-hydrogen) atoms. The van der Waals surface area contributed by atoms with Gasteiger partial charge in [0.05, 0.1) is 19.2 Å². The van der Waals surface area contributed by atoms with Gasteiger partial charge in [-0.1, -0.05) is 13.3 Å². The Kier molecular flexibility index (Phi) is 5.02. The molecule has 0 spiro atoms. The van der Waals surface area contributed by atoms with Gasteiger partial charge in [0, 0.05) is 31.5 Å². The van der Waals surface area contributed by atoms with Crippen LogP contribution in [0.5, 0.6) is 0 Å². The predicted molar refractivity (Wildman–Crippen MR) is 74.8 cm³/mol. The fraction of sp³-hybridized carbons (Fsp3) is 0.667. The maximum absolute atomic E-state index is 12.3. The molecule has 1 amide bonds. The standard InChI is InChI=1S/C15H24N2O2/c1-3-5-8-15(18)17-10-13-7-6-9-16(13)11-14(12-17)19-4-2/h6-7,9,14H,3-5,8,10-12H2,1-2H3/t14-/m0/s1. The van der Waals surface area contributed by atoms with Gasteiger partial charge in [-0.05, 0) is 25.5 Å². The zero-order valence-electron chi connectivity index (χ0n) is 12.0. The van der Waals surface area contributed by atoms with Crippen molar-refractivity contribution in [3.05, 3.63) is 24.0 Å². The molecule has 1 aliphatic rings. The Morgan fingerprint density at radius 3 is 3.00 bits per heavy atom. The van der Waals surface area contributed by atoms with Gasteiger partial charge in [0.25, 0.3) is 0 Å². The molecule has 0 unspecified atom stereocenters. The first-order valence-electron chi connectivity index (χ1n) is 7.28. The van der Waals surface area contributed by atoms with Crippen molar-refractivity contribution in [2.24, 2.45) is 0 Å². The summed E-state index contributed by atoms with van der Waals surface area (Å²) in [7, 11) is 0. The first-order chi connectivity index (χ1) is 9.24. The van der Waals surface area contributed by atoms with E-state index in [0.29, 0.717) is 26.1 Å². The van der Waals surface area contributed by atoms with Crippen LogP contribution in [-0.4, -0.2) is 34.6 Å². The van der Waals surface area contributed by atoms with Gasteiger partial charge >= 0.3 is 0 Å². The van der Waals surface area contributed by atoms with Gasteiger partial charge in [0.15, 0.2) is 0 Å². The topological polar surface area (TPSA) is 34.5 Å². The van der Waals surface area contributed by atoms with Crippen LogP contribution in [0.3, 0.4) is 0 Å². The second-order valence-corrected chi connectivity index (χ2v) is 5.11. The number of amides is 1. The normalized spacial score (nSPS) is 19.1. The fourth-order valence-electron chi connectivity index (χ4n) is 2.57. The van der Waals surface area contributed by atoms with E-state index in [4.69, 9.17) is 4.74 Å². The molecule has 0 N–H and O–H groups in total. The van der Waals surface area contributed by atoms with Crippen LogP contribution >= 0.6 is 0 Å². The summed E-state index contributed by atoms with van der Waals surface area (Å²) in [6.07, 6.45) is 4.85. The number of rotatable bonds is 5. The predicted octanol–water partition coefficient (Wildman–Crippen LogP) is 2.43. The van der Waals surface area contributed by atoms with E-state index in [1.165, 1.54) is 5.69 Å². The zero-order chi connectivity index (χ0) is 13.7. The lowest BCUT2D eigenvalue weighted by molar-refractivity contribution is -0.133. The molecule has 4 heteroatoms. The van der Waals surface area contributed by atoms with Crippen molar-refractivity contribution >= 4 is 5.91 Å². The summed E-state index contributed by atoms with van der Waals surface area (Å²) >= 11 is 0. The van der Waals surface area contributed by atoms with Crippen LogP contribution in [0.2, 0.25) is 0 Å². The Morgan fingerprint density at radius 1 is 1.42 bits per heavy atom. The molecule has 1 aromatic rings. The van der Waals surface area contributed by atoms with E-state index in [9.17, 15) is 4.79 Å². The average molecular weight is 264 g/mol. The van der Waals surface area contributed by atoms with Crippen molar-refractivity contribution in [2.45, 2.75) is 52.3 Å². The van der Waals surface area contributed by atoms with Crippen LogP contribution in [0.4, 0.5) is 0 Å². The molecule has 1 atom stereocenters. The summed E-state index contributed by atoms with van der Waals surface area (Å²) in [5.74, 6) is 0.251. The summed E-state index contributed by atoms with van der Waals surface area (Å²) < 4.78 is 7.96. The molecule has 1 aliphatic heterocycles.